The smallest absolute Gasteiger partial charge is 0.242 e. The number of carbonyl (C=O) groups is 2. The van der Waals surface area contributed by atoms with Crippen LogP contribution in [0.2, 0.25) is 0 Å². The largest absolute Gasteiger partial charge is 0.374 e. The molecule has 0 fully saturated rings. The molecule has 0 bridgehead atoms. The van der Waals surface area contributed by atoms with Crippen LogP contribution in [0.3, 0.4) is 0 Å². The van der Waals surface area contributed by atoms with Gasteiger partial charge < -0.3 is 16.0 Å². The number of benzene rings is 1. The Hall–Kier alpha value is -2.04. The van der Waals surface area contributed by atoms with Crippen LogP contribution < -0.4 is 16.0 Å². The molecule has 0 radical (unpaired) electrons. The molecule has 0 aliphatic heterocycles. The van der Waals surface area contributed by atoms with Gasteiger partial charge in [0.2, 0.25) is 11.8 Å². The summed E-state index contributed by atoms with van der Waals surface area (Å²) in [4.78, 5) is 23.0. The summed E-state index contributed by atoms with van der Waals surface area (Å²) in [6.07, 6.45) is 3.27. The lowest BCUT2D eigenvalue weighted by molar-refractivity contribution is -0.121. The number of hydrogen-bond donors (Lipinski definition) is 3. The number of rotatable bonds is 8. The molecule has 2 amide bonds. The fourth-order valence-corrected chi connectivity index (χ4v) is 1.95. The summed E-state index contributed by atoms with van der Waals surface area (Å²) < 4.78 is 0. The van der Waals surface area contributed by atoms with Crippen molar-refractivity contribution < 1.29 is 9.59 Å². The fraction of sp³-hybridized carbons (Fsp3) is 0.500. The van der Waals surface area contributed by atoms with E-state index in [1.807, 2.05) is 31.2 Å². The van der Waals surface area contributed by atoms with Crippen molar-refractivity contribution in [2.75, 3.05) is 17.2 Å². The Balaban J connectivity index is 2.48. The van der Waals surface area contributed by atoms with Crippen LogP contribution in [0.1, 0.15) is 40.0 Å². The molecule has 1 unspecified atom stereocenters. The highest BCUT2D eigenvalue weighted by Gasteiger charge is 2.11. The Morgan fingerprint density at radius 1 is 1.19 bits per heavy atom. The van der Waals surface area contributed by atoms with Gasteiger partial charge in [0.1, 0.15) is 6.04 Å². The standard InChI is InChI=1S/C16H25N3O2/c1-4-5-6-10-17-16(21)12(2)18-14-8-7-9-15(11-14)19-13(3)20/h7-9,11-12,18H,4-6,10H2,1-3H3,(H,17,21)(H,19,20). The summed E-state index contributed by atoms with van der Waals surface area (Å²) in [5, 5.41) is 8.76. The van der Waals surface area contributed by atoms with Gasteiger partial charge in [0.15, 0.2) is 0 Å². The molecule has 1 aromatic carbocycles. The summed E-state index contributed by atoms with van der Waals surface area (Å²) in [5.41, 5.74) is 1.51. The number of carbonyl (C=O) groups excluding carboxylic acids is 2. The Morgan fingerprint density at radius 2 is 1.90 bits per heavy atom. The Morgan fingerprint density at radius 3 is 2.57 bits per heavy atom. The van der Waals surface area contributed by atoms with Gasteiger partial charge in [-0.05, 0) is 31.5 Å². The van der Waals surface area contributed by atoms with Gasteiger partial charge in [0.05, 0.1) is 0 Å². The third-order valence-electron chi connectivity index (χ3n) is 3.04. The van der Waals surface area contributed by atoms with Gasteiger partial charge in [-0.1, -0.05) is 25.8 Å². The molecule has 5 nitrogen and oxygen atoms in total. The first-order valence-electron chi connectivity index (χ1n) is 7.44. The molecule has 116 valence electrons. The van der Waals surface area contributed by atoms with Gasteiger partial charge in [-0.3, -0.25) is 9.59 Å². The summed E-state index contributed by atoms with van der Waals surface area (Å²) in [5.74, 6) is -0.134. The number of unbranched alkanes of at least 4 members (excludes halogenated alkanes) is 2. The molecule has 1 aromatic rings. The zero-order valence-electron chi connectivity index (χ0n) is 13.0. The number of anilines is 2. The van der Waals surface area contributed by atoms with Crippen LogP contribution in [0.15, 0.2) is 24.3 Å². The highest BCUT2D eigenvalue weighted by Crippen LogP contribution is 2.15. The van der Waals surface area contributed by atoms with Crippen LogP contribution in [0.4, 0.5) is 11.4 Å². The SMILES string of the molecule is CCCCCNC(=O)C(C)Nc1cccc(NC(C)=O)c1. The molecule has 1 rings (SSSR count). The van der Waals surface area contributed by atoms with Gasteiger partial charge in [-0.25, -0.2) is 0 Å². The van der Waals surface area contributed by atoms with E-state index in [1.165, 1.54) is 6.92 Å². The van der Waals surface area contributed by atoms with Gasteiger partial charge in [-0.2, -0.15) is 0 Å². The fourth-order valence-electron chi connectivity index (χ4n) is 1.95. The average Bonchev–Trinajstić information content (AvgIpc) is 2.43. The van der Waals surface area contributed by atoms with Gasteiger partial charge in [-0.15, -0.1) is 0 Å². The second-order valence-corrected chi connectivity index (χ2v) is 5.13. The van der Waals surface area contributed by atoms with Crippen LogP contribution in [0.5, 0.6) is 0 Å². The molecule has 3 N–H and O–H groups in total. The summed E-state index contributed by atoms with van der Waals surface area (Å²) in [6, 6.07) is 7.00. The van der Waals surface area contributed by atoms with Crippen LogP contribution >= 0.6 is 0 Å². The molecule has 0 aromatic heterocycles. The zero-order valence-corrected chi connectivity index (χ0v) is 13.0. The van der Waals surface area contributed by atoms with Gasteiger partial charge >= 0.3 is 0 Å². The van der Waals surface area contributed by atoms with E-state index in [0.717, 1.165) is 24.9 Å². The molecule has 0 saturated heterocycles. The Bertz CT molecular complexity index is 474. The van der Waals surface area contributed by atoms with E-state index in [2.05, 4.69) is 22.9 Å². The Kier molecular flexibility index (Phi) is 7.29. The topological polar surface area (TPSA) is 70.2 Å². The van der Waals surface area contributed by atoms with E-state index in [9.17, 15) is 9.59 Å². The molecule has 0 spiro atoms. The maximum Gasteiger partial charge on any atom is 0.242 e. The Labute approximate surface area is 126 Å². The predicted molar refractivity (Wildman–Crippen MR) is 86.4 cm³/mol. The minimum absolute atomic E-state index is 0.0176. The number of amides is 2. The van der Waals surface area contributed by atoms with Crippen molar-refractivity contribution in [2.45, 2.75) is 46.1 Å². The molecule has 0 aliphatic carbocycles. The highest BCUT2D eigenvalue weighted by atomic mass is 16.2. The first-order chi connectivity index (χ1) is 10.0. The third kappa shape index (κ3) is 6.79. The molecule has 1 atom stereocenters. The molecule has 5 heteroatoms. The second-order valence-electron chi connectivity index (χ2n) is 5.13. The molecular weight excluding hydrogens is 266 g/mol. The number of hydrogen-bond acceptors (Lipinski definition) is 3. The third-order valence-corrected chi connectivity index (χ3v) is 3.04. The lowest BCUT2D eigenvalue weighted by atomic mass is 10.2. The first-order valence-corrected chi connectivity index (χ1v) is 7.44. The van der Waals surface area contributed by atoms with Gasteiger partial charge in [0, 0.05) is 24.8 Å². The summed E-state index contributed by atoms with van der Waals surface area (Å²) in [7, 11) is 0. The molecule has 21 heavy (non-hydrogen) atoms. The lowest BCUT2D eigenvalue weighted by Gasteiger charge is -2.16. The van der Waals surface area contributed by atoms with Gasteiger partial charge in [0.25, 0.3) is 0 Å². The van der Waals surface area contributed by atoms with E-state index in [4.69, 9.17) is 0 Å². The van der Waals surface area contributed by atoms with E-state index in [-0.39, 0.29) is 17.9 Å². The van der Waals surface area contributed by atoms with Crippen molar-refractivity contribution in [3.63, 3.8) is 0 Å². The van der Waals surface area contributed by atoms with E-state index < -0.39 is 0 Å². The van der Waals surface area contributed by atoms with Crippen molar-refractivity contribution in [3.05, 3.63) is 24.3 Å². The zero-order chi connectivity index (χ0) is 15.7. The van der Waals surface area contributed by atoms with Crippen molar-refractivity contribution in [1.82, 2.24) is 5.32 Å². The molecular formula is C16H25N3O2. The lowest BCUT2D eigenvalue weighted by Crippen LogP contribution is -2.38. The maximum atomic E-state index is 11.9. The van der Waals surface area contributed by atoms with Crippen LogP contribution in [-0.4, -0.2) is 24.4 Å². The summed E-state index contributed by atoms with van der Waals surface area (Å²) in [6.45, 7) is 6.13. The van der Waals surface area contributed by atoms with Crippen molar-refractivity contribution in [1.29, 1.82) is 0 Å². The number of nitrogens with one attached hydrogen (secondary N) is 3. The van der Waals surface area contributed by atoms with E-state index >= 15 is 0 Å². The van der Waals surface area contributed by atoms with E-state index in [1.54, 1.807) is 0 Å². The minimum atomic E-state index is -0.320. The molecule has 0 saturated carbocycles. The maximum absolute atomic E-state index is 11.9. The molecule has 0 aliphatic rings. The van der Waals surface area contributed by atoms with Crippen LogP contribution in [0.25, 0.3) is 0 Å². The van der Waals surface area contributed by atoms with Crippen LogP contribution in [0, 0.1) is 0 Å². The minimum Gasteiger partial charge on any atom is -0.374 e. The average molecular weight is 291 g/mol. The normalized spacial score (nSPS) is 11.6. The predicted octanol–water partition coefficient (Wildman–Crippen LogP) is 2.75. The van der Waals surface area contributed by atoms with E-state index in [0.29, 0.717) is 12.2 Å². The highest BCUT2D eigenvalue weighted by molar-refractivity contribution is 5.89. The first kappa shape index (κ1) is 17.0. The summed E-state index contributed by atoms with van der Waals surface area (Å²) >= 11 is 0. The molecule has 0 heterocycles. The quantitative estimate of drug-likeness (QED) is 0.645. The van der Waals surface area contributed by atoms with Crippen molar-refractivity contribution in [2.24, 2.45) is 0 Å². The van der Waals surface area contributed by atoms with Crippen LogP contribution in [-0.2, 0) is 9.59 Å². The van der Waals surface area contributed by atoms with Crippen molar-refractivity contribution in [3.8, 4) is 0 Å². The monoisotopic (exact) mass is 291 g/mol. The second kappa shape index (κ2) is 9.00. The van der Waals surface area contributed by atoms with Crippen molar-refractivity contribution >= 4 is 23.2 Å².